The molecule has 1 aliphatic carbocycles. The van der Waals surface area contributed by atoms with Crippen LogP contribution < -0.4 is 0 Å². The van der Waals surface area contributed by atoms with Crippen LogP contribution in [0.4, 0.5) is 17.6 Å². The molecular formula is C30H28F4. The Kier molecular flexibility index (Phi) is 7.35. The lowest BCUT2D eigenvalue weighted by molar-refractivity contribution is 0.452. The third kappa shape index (κ3) is 4.72. The number of hydrogen-bond donors (Lipinski definition) is 0. The van der Waals surface area contributed by atoms with E-state index in [1.165, 1.54) is 0 Å². The van der Waals surface area contributed by atoms with Crippen molar-refractivity contribution in [3.63, 3.8) is 0 Å². The molecule has 0 bridgehead atoms. The van der Waals surface area contributed by atoms with Gasteiger partial charge in [-0.3, -0.25) is 0 Å². The lowest BCUT2D eigenvalue weighted by atomic mass is 9.83. The Morgan fingerprint density at radius 3 is 1.91 bits per heavy atom. The zero-order chi connectivity index (χ0) is 24.2. The number of aryl methyl sites for hydroxylation is 1. The molecule has 1 aliphatic rings. The van der Waals surface area contributed by atoms with E-state index in [1.54, 1.807) is 55.5 Å². The molecule has 0 heterocycles. The topological polar surface area (TPSA) is 0 Å². The highest BCUT2D eigenvalue weighted by molar-refractivity contribution is 5.74. The summed E-state index contributed by atoms with van der Waals surface area (Å²) in [4.78, 5) is 0. The Labute approximate surface area is 198 Å². The fourth-order valence-corrected chi connectivity index (χ4v) is 4.68. The fourth-order valence-electron chi connectivity index (χ4n) is 4.68. The maximum Gasteiger partial charge on any atom is 0.167 e. The predicted molar refractivity (Wildman–Crippen MR) is 131 cm³/mol. The molecule has 0 fully saturated rings. The van der Waals surface area contributed by atoms with Gasteiger partial charge in [0.25, 0.3) is 0 Å². The third-order valence-electron chi connectivity index (χ3n) is 6.78. The van der Waals surface area contributed by atoms with Gasteiger partial charge in [-0.05, 0) is 66.7 Å². The number of allylic oxidation sites excluding steroid dienone is 3. The molecule has 0 aromatic heterocycles. The van der Waals surface area contributed by atoms with Gasteiger partial charge in [-0.25, -0.2) is 17.6 Å². The molecule has 3 aromatic rings. The zero-order valence-corrected chi connectivity index (χ0v) is 19.3. The van der Waals surface area contributed by atoms with Crippen LogP contribution in [0.1, 0.15) is 50.2 Å². The highest BCUT2D eigenvalue weighted by Gasteiger charge is 2.21. The van der Waals surface area contributed by atoms with E-state index in [-0.39, 0.29) is 11.1 Å². The lowest BCUT2D eigenvalue weighted by Crippen LogP contribution is -2.07. The molecule has 1 atom stereocenters. The average Bonchev–Trinajstić information content (AvgIpc) is 2.87. The molecule has 0 N–H and O–H groups in total. The first-order valence-corrected chi connectivity index (χ1v) is 11.8. The van der Waals surface area contributed by atoms with Gasteiger partial charge in [-0.1, -0.05) is 67.6 Å². The summed E-state index contributed by atoms with van der Waals surface area (Å²) in [5.41, 5.74) is 2.70. The Bertz CT molecular complexity index is 1220. The molecule has 176 valence electrons. The van der Waals surface area contributed by atoms with Crippen LogP contribution in [0.15, 0.2) is 67.3 Å². The van der Waals surface area contributed by atoms with Crippen molar-refractivity contribution in [3.05, 3.63) is 102 Å². The molecule has 0 nitrogen and oxygen atoms in total. The van der Waals surface area contributed by atoms with Gasteiger partial charge < -0.3 is 0 Å². The van der Waals surface area contributed by atoms with E-state index in [1.807, 2.05) is 12.2 Å². The van der Waals surface area contributed by atoms with Gasteiger partial charge in [-0.2, -0.15) is 0 Å². The molecule has 4 rings (SSSR count). The maximum atomic E-state index is 15.0. The number of halogens is 4. The van der Waals surface area contributed by atoms with Crippen LogP contribution in [0, 0.1) is 29.2 Å². The van der Waals surface area contributed by atoms with Crippen LogP contribution in [-0.4, -0.2) is 0 Å². The minimum absolute atomic E-state index is 0.138. The zero-order valence-electron chi connectivity index (χ0n) is 19.3. The Morgan fingerprint density at radius 1 is 0.794 bits per heavy atom. The molecule has 0 saturated carbocycles. The quantitative estimate of drug-likeness (QED) is 0.241. The summed E-state index contributed by atoms with van der Waals surface area (Å²) in [6.45, 7) is 5.52. The van der Waals surface area contributed by atoms with E-state index in [0.29, 0.717) is 34.6 Å². The first-order chi connectivity index (χ1) is 16.4. The Balaban J connectivity index is 1.58. The van der Waals surface area contributed by atoms with Crippen LogP contribution in [0.5, 0.6) is 0 Å². The SMILES string of the molecule is C=CCCC1CC=C(c2ccc(-c3ccc(-c4ccc(CC)c(F)c4F)cc3)c(F)c2F)CC1. The second-order valence-electron chi connectivity index (χ2n) is 8.86. The van der Waals surface area contributed by atoms with E-state index in [0.717, 1.165) is 37.7 Å². The normalized spacial score (nSPS) is 15.8. The van der Waals surface area contributed by atoms with E-state index in [2.05, 4.69) is 6.58 Å². The molecule has 34 heavy (non-hydrogen) atoms. The van der Waals surface area contributed by atoms with E-state index >= 15 is 8.78 Å². The van der Waals surface area contributed by atoms with Gasteiger partial charge >= 0.3 is 0 Å². The minimum Gasteiger partial charge on any atom is -0.203 e. The molecule has 0 radical (unpaired) electrons. The van der Waals surface area contributed by atoms with E-state index < -0.39 is 23.3 Å². The van der Waals surface area contributed by atoms with Crippen molar-refractivity contribution < 1.29 is 17.6 Å². The molecular weight excluding hydrogens is 436 g/mol. The van der Waals surface area contributed by atoms with Crippen molar-refractivity contribution in [2.75, 3.05) is 0 Å². The summed E-state index contributed by atoms with van der Waals surface area (Å²) >= 11 is 0. The summed E-state index contributed by atoms with van der Waals surface area (Å²) in [6.07, 6.45) is 8.93. The molecule has 0 amide bonds. The lowest BCUT2D eigenvalue weighted by Gasteiger charge is -2.22. The van der Waals surface area contributed by atoms with Crippen LogP contribution in [0.2, 0.25) is 0 Å². The fraction of sp³-hybridized carbons (Fsp3) is 0.267. The first-order valence-electron chi connectivity index (χ1n) is 11.8. The van der Waals surface area contributed by atoms with Gasteiger partial charge in [0.05, 0.1) is 0 Å². The predicted octanol–water partition coefficient (Wildman–Crippen LogP) is 9.29. The summed E-state index contributed by atoms with van der Waals surface area (Å²) in [5, 5.41) is 0. The Morgan fingerprint density at radius 2 is 1.35 bits per heavy atom. The largest absolute Gasteiger partial charge is 0.203 e. The van der Waals surface area contributed by atoms with Crippen molar-refractivity contribution in [2.45, 2.75) is 45.4 Å². The second-order valence-corrected chi connectivity index (χ2v) is 8.86. The van der Waals surface area contributed by atoms with Gasteiger partial charge in [0.2, 0.25) is 0 Å². The van der Waals surface area contributed by atoms with Crippen LogP contribution in [0.3, 0.4) is 0 Å². The summed E-state index contributed by atoms with van der Waals surface area (Å²) < 4.78 is 58.7. The van der Waals surface area contributed by atoms with Crippen LogP contribution in [-0.2, 0) is 6.42 Å². The molecule has 1 unspecified atom stereocenters. The molecule has 0 spiro atoms. The van der Waals surface area contributed by atoms with Gasteiger partial charge in [0, 0.05) is 16.7 Å². The molecule has 0 aliphatic heterocycles. The Hall–Kier alpha value is -3.14. The molecule has 4 heteroatoms. The molecule has 0 saturated heterocycles. The van der Waals surface area contributed by atoms with Crippen LogP contribution in [0.25, 0.3) is 27.8 Å². The average molecular weight is 465 g/mol. The van der Waals surface area contributed by atoms with Gasteiger partial charge in [0.15, 0.2) is 23.3 Å². The standard InChI is InChI=1S/C30H28F4/c1-3-5-6-19-7-9-21(10-8-19)25-17-18-26(30(34)29(25)33)23-13-11-22(12-14-23)24-16-15-20(4-2)27(31)28(24)32/h3,9,11-19H,1,4-8,10H2,2H3. The summed E-state index contributed by atoms with van der Waals surface area (Å²) in [7, 11) is 0. The van der Waals surface area contributed by atoms with E-state index in [4.69, 9.17) is 0 Å². The van der Waals surface area contributed by atoms with Crippen LogP contribution >= 0.6 is 0 Å². The van der Waals surface area contributed by atoms with Gasteiger partial charge in [0.1, 0.15) is 0 Å². The van der Waals surface area contributed by atoms with Crippen molar-refractivity contribution in [1.29, 1.82) is 0 Å². The minimum atomic E-state index is -0.902. The van der Waals surface area contributed by atoms with Gasteiger partial charge in [-0.15, -0.1) is 6.58 Å². The second kappa shape index (κ2) is 10.4. The number of benzene rings is 3. The summed E-state index contributed by atoms with van der Waals surface area (Å²) in [6, 6.07) is 12.7. The monoisotopic (exact) mass is 464 g/mol. The van der Waals surface area contributed by atoms with Crippen molar-refractivity contribution >= 4 is 5.57 Å². The summed E-state index contributed by atoms with van der Waals surface area (Å²) in [5.74, 6) is -2.94. The van der Waals surface area contributed by atoms with Crippen molar-refractivity contribution in [3.8, 4) is 22.3 Å². The first kappa shape index (κ1) is 24.0. The molecule has 3 aromatic carbocycles. The van der Waals surface area contributed by atoms with E-state index in [9.17, 15) is 8.78 Å². The smallest absolute Gasteiger partial charge is 0.167 e. The number of hydrogen-bond acceptors (Lipinski definition) is 0. The highest BCUT2D eigenvalue weighted by atomic mass is 19.2. The van der Waals surface area contributed by atoms with Crippen molar-refractivity contribution in [1.82, 2.24) is 0 Å². The van der Waals surface area contributed by atoms with Crippen molar-refractivity contribution in [2.24, 2.45) is 5.92 Å². The highest BCUT2D eigenvalue weighted by Crippen LogP contribution is 2.37. The number of rotatable bonds is 7. The third-order valence-corrected chi connectivity index (χ3v) is 6.78. The maximum absolute atomic E-state index is 15.0.